The van der Waals surface area contributed by atoms with Crippen molar-refractivity contribution in [2.45, 2.75) is 12.1 Å². The number of alkyl halides is 1. The summed E-state index contributed by atoms with van der Waals surface area (Å²) in [5.41, 5.74) is 0.601. The van der Waals surface area contributed by atoms with Gasteiger partial charge in [-0.1, -0.05) is 30.2 Å². The molecule has 0 aliphatic carbocycles. The van der Waals surface area contributed by atoms with Gasteiger partial charge < -0.3 is 0 Å². The van der Waals surface area contributed by atoms with E-state index in [0.717, 1.165) is 0 Å². The van der Waals surface area contributed by atoms with Crippen molar-refractivity contribution in [1.29, 1.82) is 0 Å². The van der Waals surface area contributed by atoms with Crippen LogP contribution in [0.5, 0.6) is 0 Å². The van der Waals surface area contributed by atoms with Crippen molar-refractivity contribution < 1.29 is 8.42 Å². The van der Waals surface area contributed by atoms with Crippen LogP contribution in [-0.4, -0.2) is 40.3 Å². The van der Waals surface area contributed by atoms with Gasteiger partial charge in [-0.05, 0) is 28.5 Å². The van der Waals surface area contributed by atoms with Crippen molar-refractivity contribution in [2.75, 3.05) is 11.6 Å². The second-order valence-corrected chi connectivity index (χ2v) is 6.49. The van der Waals surface area contributed by atoms with Crippen LogP contribution in [0.25, 0.3) is 5.69 Å². The molecule has 0 spiro atoms. The maximum atomic E-state index is 12.2. The lowest BCUT2D eigenvalue weighted by Gasteiger charge is -2.08. The van der Waals surface area contributed by atoms with Crippen molar-refractivity contribution in [2.24, 2.45) is 5.92 Å². The van der Waals surface area contributed by atoms with Gasteiger partial charge in [-0.25, -0.2) is 8.42 Å². The highest BCUT2D eigenvalue weighted by atomic mass is 35.5. The van der Waals surface area contributed by atoms with Gasteiger partial charge in [-0.3, -0.25) is 0 Å². The molecule has 0 aliphatic rings. The summed E-state index contributed by atoms with van der Waals surface area (Å²) in [6, 6.07) is 8.88. The van der Waals surface area contributed by atoms with Crippen molar-refractivity contribution in [3.8, 4) is 5.69 Å². The average Bonchev–Trinajstić information content (AvgIpc) is 2.89. The lowest BCUT2D eigenvalue weighted by molar-refractivity contribution is 0.568. The summed E-state index contributed by atoms with van der Waals surface area (Å²) in [6.07, 6.45) is 0. The first-order valence-corrected chi connectivity index (χ1v) is 7.86. The zero-order valence-electron chi connectivity index (χ0n) is 10.3. The number of aromatic nitrogens is 4. The molecule has 1 heterocycles. The Morgan fingerprint density at radius 2 is 2.00 bits per heavy atom. The van der Waals surface area contributed by atoms with Gasteiger partial charge >= 0.3 is 0 Å². The van der Waals surface area contributed by atoms with Crippen molar-refractivity contribution in [1.82, 2.24) is 20.2 Å². The summed E-state index contributed by atoms with van der Waals surface area (Å²) >= 11 is 5.65. The fourth-order valence-corrected chi connectivity index (χ4v) is 3.42. The van der Waals surface area contributed by atoms with Gasteiger partial charge in [0.25, 0.3) is 5.16 Å². The van der Waals surface area contributed by atoms with Crippen LogP contribution in [0.4, 0.5) is 0 Å². The van der Waals surface area contributed by atoms with Gasteiger partial charge in [0.2, 0.25) is 9.84 Å². The molecule has 2 aromatic rings. The fraction of sp³-hybridized carbons (Fsp3) is 0.364. The zero-order valence-corrected chi connectivity index (χ0v) is 11.8. The van der Waals surface area contributed by atoms with Gasteiger partial charge in [-0.15, -0.1) is 11.6 Å². The van der Waals surface area contributed by atoms with Crippen LogP contribution in [0.1, 0.15) is 6.92 Å². The van der Waals surface area contributed by atoms with Crippen LogP contribution in [0.3, 0.4) is 0 Å². The third-order valence-electron chi connectivity index (χ3n) is 2.49. The molecule has 1 unspecified atom stereocenters. The SMILES string of the molecule is CC(CCl)CS(=O)(=O)c1nnnn1-c1ccccc1. The van der Waals surface area contributed by atoms with E-state index in [1.165, 1.54) is 4.68 Å². The highest BCUT2D eigenvalue weighted by Crippen LogP contribution is 2.15. The lowest BCUT2D eigenvalue weighted by atomic mass is 10.3. The monoisotopic (exact) mass is 300 g/mol. The Morgan fingerprint density at radius 1 is 1.32 bits per heavy atom. The Kier molecular flexibility index (Phi) is 4.16. The minimum atomic E-state index is -3.56. The Bertz CT molecular complexity index is 642. The number of para-hydroxylation sites is 1. The molecule has 0 saturated heterocycles. The van der Waals surface area contributed by atoms with E-state index in [9.17, 15) is 8.42 Å². The molecule has 1 aromatic heterocycles. The third kappa shape index (κ3) is 3.10. The van der Waals surface area contributed by atoms with E-state index in [0.29, 0.717) is 5.69 Å². The van der Waals surface area contributed by atoms with Gasteiger partial charge in [0.1, 0.15) is 0 Å². The van der Waals surface area contributed by atoms with E-state index < -0.39 is 9.84 Å². The van der Waals surface area contributed by atoms with Crippen LogP contribution in [0, 0.1) is 5.92 Å². The molecule has 2 rings (SSSR count). The van der Waals surface area contributed by atoms with Crippen LogP contribution >= 0.6 is 11.6 Å². The molecule has 19 heavy (non-hydrogen) atoms. The molecule has 0 radical (unpaired) electrons. The molecular formula is C11H13ClN4O2S. The predicted octanol–water partition coefficient (Wildman–Crippen LogP) is 1.31. The van der Waals surface area contributed by atoms with E-state index in [2.05, 4.69) is 15.5 Å². The quantitative estimate of drug-likeness (QED) is 0.778. The first-order valence-electron chi connectivity index (χ1n) is 5.67. The van der Waals surface area contributed by atoms with E-state index in [1.807, 2.05) is 6.07 Å². The second kappa shape index (κ2) is 5.66. The summed E-state index contributed by atoms with van der Waals surface area (Å²) in [5, 5.41) is 10.6. The highest BCUT2D eigenvalue weighted by molar-refractivity contribution is 7.91. The largest absolute Gasteiger partial charge is 0.272 e. The molecule has 0 aliphatic heterocycles. The Labute approximate surface area is 116 Å². The van der Waals surface area contributed by atoms with Crippen molar-refractivity contribution >= 4 is 21.4 Å². The smallest absolute Gasteiger partial charge is 0.220 e. The molecule has 0 saturated carbocycles. The number of tetrazole rings is 1. The number of nitrogens with zero attached hydrogens (tertiary/aromatic N) is 4. The molecule has 0 amide bonds. The second-order valence-electron chi connectivity index (χ2n) is 4.25. The molecule has 1 aromatic carbocycles. The number of sulfone groups is 1. The molecular weight excluding hydrogens is 288 g/mol. The van der Waals surface area contributed by atoms with Gasteiger partial charge in [0.05, 0.1) is 11.4 Å². The summed E-state index contributed by atoms with van der Waals surface area (Å²) < 4.78 is 25.7. The summed E-state index contributed by atoms with van der Waals surface area (Å²) in [6.45, 7) is 1.77. The number of rotatable bonds is 5. The maximum Gasteiger partial charge on any atom is 0.272 e. The fourth-order valence-electron chi connectivity index (χ4n) is 1.60. The van der Waals surface area contributed by atoms with Gasteiger partial charge in [-0.2, -0.15) is 4.68 Å². The standard InChI is InChI=1S/C11H13ClN4O2S/c1-9(7-12)8-19(17,18)11-13-14-15-16(11)10-5-3-2-4-6-10/h2-6,9H,7-8H2,1H3. The minimum Gasteiger partial charge on any atom is -0.220 e. The highest BCUT2D eigenvalue weighted by Gasteiger charge is 2.25. The van der Waals surface area contributed by atoms with Crippen LogP contribution in [0.15, 0.2) is 35.5 Å². The molecule has 0 bridgehead atoms. The maximum absolute atomic E-state index is 12.2. The average molecular weight is 301 g/mol. The topological polar surface area (TPSA) is 77.7 Å². The molecule has 1 atom stereocenters. The lowest BCUT2D eigenvalue weighted by Crippen LogP contribution is -2.19. The summed E-state index contributed by atoms with van der Waals surface area (Å²) in [7, 11) is -3.56. The van der Waals surface area contributed by atoms with Crippen LogP contribution < -0.4 is 0 Å². The number of halogens is 1. The van der Waals surface area contributed by atoms with Crippen LogP contribution in [-0.2, 0) is 9.84 Å². The normalized spacial score (nSPS) is 13.4. The predicted molar refractivity (Wildman–Crippen MR) is 71.1 cm³/mol. The van der Waals surface area contributed by atoms with Gasteiger partial charge in [0.15, 0.2) is 0 Å². The number of benzene rings is 1. The van der Waals surface area contributed by atoms with E-state index in [-0.39, 0.29) is 22.7 Å². The zero-order chi connectivity index (χ0) is 13.9. The van der Waals surface area contributed by atoms with E-state index in [1.54, 1.807) is 31.2 Å². The first kappa shape index (κ1) is 14.0. The van der Waals surface area contributed by atoms with Crippen molar-refractivity contribution in [3.63, 3.8) is 0 Å². The van der Waals surface area contributed by atoms with Crippen LogP contribution in [0.2, 0.25) is 0 Å². The molecule has 0 N–H and O–H groups in total. The van der Waals surface area contributed by atoms with Gasteiger partial charge in [0, 0.05) is 5.88 Å². The molecule has 102 valence electrons. The van der Waals surface area contributed by atoms with E-state index in [4.69, 9.17) is 11.6 Å². The molecule has 8 heteroatoms. The first-order chi connectivity index (χ1) is 9.04. The Hall–Kier alpha value is -1.47. The Balaban J connectivity index is 2.40. The third-order valence-corrected chi connectivity index (χ3v) is 4.83. The van der Waals surface area contributed by atoms with Crippen molar-refractivity contribution in [3.05, 3.63) is 30.3 Å². The molecule has 0 fully saturated rings. The number of hydrogen-bond acceptors (Lipinski definition) is 5. The Morgan fingerprint density at radius 3 is 2.63 bits per heavy atom. The minimum absolute atomic E-state index is 0.0797. The number of hydrogen-bond donors (Lipinski definition) is 0. The summed E-state index contributed by atoms with van der Waals surface area (Å²) in [5.74, 6) is 0.0307. The van der Waals surface area contributed by atoms with E-state index >= 15 is 0 Å². The summed E-state index contributed by atoms with van der Waals surface area (Å²) in [4.78, 5) is 0. The molecule has 6 nitrogen and oxygen atoms in total.